The van der Waals surface area contributed by atoms with E-state index >= 15 is 0 Å². The van der Waals surface area contributed by atoms with Crippen LogP contribution in [0.15, 0.2) is 51.4 Å². The van der Waals surface area contributed by atoms with E-state index in [2.05, 4.69) is 9.89 Å². The molecule has 0 bridgehead atoms. The van der Waals surface area contributed by atoms with E-state index in [-0.39, 0.29) is 29.6 Å². The lowest BCUT2D eigenvalue weighted by molar-refractivity contribution is 0.0640. The minimum Gasteiger partial charge on any atom is -0.490 e. The van der Waals surface area contributed by atoms with E-state index in [4.69, 9.17) is 24.1 Å². The van der Waals surface area contributed by atoms with Crippen molar-refractivity contribution in [3.05, 3.63) is 59.6 Å². The van der Waals surface area contributed by atoms with Crippen molar-refractivity contribution < 1.29 is 37.1 Å². The number of esters is 1. The Labute approximate surface area is 193 Å². The van der Waals surface area contributed by atoms with Gasteiger partial charge in [0.05, 0.1) is 6.10 Å². The quantitative estimate of drug-likeness (QED) is 0.294. The number of fused-ring (bicyclic) bond motifs is 1. The predicted octanol–water partition coefficient (Wildman–Crippen LogP) is 5.06. The highest BCUT2D eigenvalue weighted by molar-refractivity contribution is 6.12. The highest BCUT2D eigenvalue weighted by atomic mass is 19.1. The van der Waals surface area contributed by atoms with Gasteiger partial charge in [-0.1, -0.05) is 5.16 Å². The molecular weight excluding hydrogens is 447 g/mol. The molecule has 0 spiro atoms. The minimum absolute atomic E-state index is 0.0548. The van der Waals surface area contributed by atoms with Crippen molar-refractivity contribution >= 4 is 23.0 Å². The van der Waals surface area contributed by atoms with Gasteiger partial charge in [-0.2, -0.15) is 0 Å². The molecule has 0 radical (unpaired) electrons. The Balaban J connectivity index is 1.96. The second kappa shape index (κ2) is 9.36. The third-order valence-corrected chi connectivity index (χ3v) is 4.78. The summed E-state index contributed by atoms with van der Waals surface area (Å²) in [5, 5.41) is 4.39. The molecule has 2 aromatic carbocycles. The number of hydrogen-bond donors (Lipinski definition) is 1. The van der Waals surface area contributed by atoms with Crippen molar-refractivity contribution in [2.24, 2.45) is 5.73 Å². The number of primary amides is 1. The van der Waals surface area contributed by atoms with E-state index in [0.29, 0.717) is 33.7 Å². The van der Waals surface area contributed by atoms with Crippen LogP contribution < -0.4 is 10.5 Å². The van der Waals surface area contributed by atoms with Gasteiger partial charge in [0, 0.05) is 29.7 Å². The van der Waals surface area contributed by atoms with Gasteiger partial charge in [0.2, 0.25) is 0 Å². The van der Waals surface area contributed by atoms with Crippen LogP contribution >= 0.6 is 0 Å². The summed E-state index contributed by atoms with van der Waals surface area (Å²) in [6.45, 7) is 3.91. The zero-order valence-electron chi connectivity index (χ0n) is 18.6. The molecule has 176 valence electrons. The van der Waals surface area contributed by atoms with Crippen LogP contribution in [0.4, 0.5) is 9.18 Å². The maximum Gasteiger partial charge on any atom is 0.412 e. The number of carbonyl (C=O) groups excluding carboxylic acids is 2. The van der Waals surface area contributed by atoms with Crippen LogP contribution in [-0.2, 0) is 16.1 Å². The number of methoxy groups -OCH3 is 1. The van der Waals surface area contributed by atoms with Crippen molar-refractivity contribution in [2.75, 3.05) is 7.11 Å². The van der Waals surface area contributed by atoms with Gasteiger partial charge >= 0.3 is 12.1 Å². The van der Waals surface area contributed by atoms with Crippen molar-refractivity contribution in [3.8, 4) is 28.3 Å². The number of benzene rings is 2. The zero-order chi connectivity index (χ0) is 24.4. The fourth-order valence-corrected chi connectivity index (χ4v) is 3.47. The van der Waals surface area contributed by atoms with Crippen molar-refractivity contribution in [1.29, 1.82) is 0 Å². The maximum absolute atomic E-state index is 13.5. The molecule has 2 aromatic heterocycles. The summed E-state index contributed by atoms with van der Waals surface area (Å²) < 4.78 is 40.5. The molecule has 0 saturated carbocycles. The first kappa shape index (κ1) is 23.0. The monoisotopic (exact) mass is 468 g/mol. The summed E-state index contributed by atoms with van der Waals surface area (Å²) in [4.78, 5) is 24.1. The summed E-state index contributed by atoms with van der Waals surface area (Å²) in [5.41, 5.74) is 6.68. The molecule has 10 heteroatoms. The van der Waals surface area contributed by atoms with Crippen molar-refractivity contribution in [3.63, 3.8) is 0 Å². The maximum atomic E-state index is 13.5. The molecule has 0 unspecified atom stereocenters. The van der Waals surface area contributed by atoms with Gasteiger partial charge in [-0.05, 0) is 50.2 Å². The number of ether oxygens (including phenoxy) is 3. The van der Waals surface area contributed by atoms with E-state index < -0.39 is 17.9 Å². The fourth-order valence-electron chi connectivity index (χ4n) is 3.47. The van der Waals surface area contributed by atoms with E-state index in [0.717, 1.165) is 0 Å². The lowest BCUT2D eigenvalue weighted by Gasteiger charge is -2.13. The predicted molar refractivity (Wildman–Crippen MR) is 119 cm³/mol. The number of furan rings is 1. The standard InChI is InChI=1S/C24H21FN2O7/c1-12(2)31-19-10-17-20(9-16(19)18-8-15(11-30-3)34-27-18)32-22(13-4-6-14(25)7-5-13)21(17)23(28)33-24(26)29/h4-10,12H,11H2,1-3H3,(H2,26,29). The number of aromatic nitrogens is 1. The van der Waals surface area contributed by atoms with Crippen LogP contribution in [0.5, 0.6) is 5.75 Å². The number of carbonyl (C=O) groups is 2. The summed E-state index contributed by atoms with van der Waals surface area (Å²) in [7, 11) is 1.54. The minimum atomic E-state index is -1.27. The topological polar surface area (TPSA) is 127 Å². The Morgan fingerprint density at radius 1 is 1.15 bits per heavy atom. The molecule has 0 saturated heterocycles. The van der Waals surface area contributed by atoms with Crippen molar-refractivity contribution in [2.45, 2.75) is 26.6 Å². The van der Waals surface area contributed by atoms with E-state index in [1.165, 1.54) is 31.4 Å². The van der Waals surface area contributed by atoms with Gasteiger partial charge in [0.25, 0.3) is 0 Å². The molecule has 1 amide bonds. The molecule has 4 aromatic rings. The Hall–Kier alpha value is -4.18. The first-order valence-corrected chi connectivity index (χ1v) is 10.3. The number of rotatable bonds is 7. The Kier molecular flexibility index (Phi) is 6.33. The number of nitrogens with two attached hydrogens (primary N) is 1. The average Bonchev–Trinajstić information content (AvgIpc) is 3.37. The van der Waals surface area contributed by atoms with Gasteiger partial charge in [-0.3, -0.25) is 0 Å². The van der Waals surface area contributed by atoms with Crippen LogP contribution in [0.3, 0.4) is 0 Å². The molecule has 0 aliphatic rings. The SMILES string of the molecule is COCc1cc(-c2cc3oc(-c4ccc(F)cc4)c(C(=O)OC(N)=O)c3cc2OC(C)C)no1. The summed E-state index contributed by atoms with van der Waals surface area (Å²) in [6, 6.07) is 10.2. The average molecular weight is 468 g/mol. The number of nitrogens with zero attached hydrogens (tertiary/aromatic N) is 1. The van der Waals surface area contributed by atoms with Gasteiger partial charge in [0.15, 0.2) is 5.76 Å². The van der Waals surface area contributed by atoms with E-state index in [1.54, 1.807) is 18.2 Å². The normalized spacial score (nSPS) is 11.2. The second-order valence-electron chi connectivity index (χ2n) is 7.64. The smallest absolute Gasteiger partial charge is 0.412 e. The van der Waals surface area contributed by atoms with Gasteiger partial charge in [-0.15, -0.1) is 0 Å². The zero-order valence-corrected chi connectivity index (χ0v) is 18.6. The van der Waals surface area contributed by atoms with E-state index in [9.17, 15) is 14.0 Å². The lowest BCUT2D eigenvalue weighted by Crippen LogP contribution is -2.18. The van der Waals surface area contributed by atoms with Gasteiger partial charge in [-0.25, -0.2) is 14.0 Å². The highest BCUT2D eigenvalue weighted by Gasteiger charge is 2.27. The summed E-state index contributed by atoms with van der Waals surface area (Å²) >= 11 is 0. The molecule has 0 aliphatic carbocycles. The molecule has 34 heavy (non-hydrogen) atoms. The first-order chi connectivity index (χ1) is 16.3. The first-order valence-electron chi connectivity index (χ1n) is 10.3. The Bertz CT molecular complexity index is 1360. The number of amides is 1. The molecular formula is C24H21FN2O7. The molecule has 0 fully saturated rings. The fraction of sp³-hybridized carbons (Fsp3) is 0.208. The summed E-state index contributed by atoms with van der Waals surface area (Å²) in [6.07, 6.45) is -1.49. The molecule has 4 rings (SSSR count). The number of halogens is 1. The van der Waals surface area contributed by atoms with Crippen LogP contribution in [-0.4, -0.2) is 30.4 Å². The number of hydrogen-bond acceptors (Lipinski definition) is 8. The molecule has 2 heterocycles. The van der Waals surface area contributed by atoms with Crippen molar-refractivity contribution in [1.82, 2.24) is 5.16 Å². The lowest BCUT2D eigenvalue weighted by atomic mass is 10.0. The van der Waals surface area contributed by atoms with Crippen LogP contribution in [0.1, 0.15) is 30.0 Å². The third kappa shape index (κ3) is 4.62. The molecule has 0 aliphatic heterocycles. The van der Waals surface area contributed by atoms with Crippen LogP contribution in [0.25, 0.3) is 33.6 Å². The summed E-state index contributed by atoms with van der Waals surface area (Å²) in [5.74, 6) is -0.509. The molecule has 9 nitrogen and oxygen atoms in total. The van der Waals surface area contributed by atoms with Crippen LogP contribution in [0, 0.1) is 5.82 Å². The van der Waals surface area contributed by atoms with E-state index in [1.807, 2.05) is 13.8 Å². The Morgan fingerprint density at radius 2 is 1.88 bits per heavy atom. The molecule has 0 atom stereocenters. The van der Waals surface area contributed by atoms with Gasteiger partial charge < -0.3 is 28.9 Å². The Morgan fingerprint density at radius 3 is 2.53 bits per heavy atom. The second-order valence-corrected chi connectivity index (χ2v) is 7.64. The third-order valence-electron chi connectivity index (χ3n) is 4.78. The highest BCUT2D eigenvalue weighted by Crippen LogP contribution is 2.41. The largest absolute Gasteiger partial charge is 0.490 e. The van der Waals surface area contributed by atoms with Crippen LogP contribution in [0.2, 0.25) is 0 Å². The van der Waals surface area contributed by atoms with Gasteiger partial charge in [0.1, 0.15) is 40.8 Å². The molecule has 2 N–H and O–H groups in total.